The van der Waals surface area contributed by atoms with Crippen LogP contribution in [0, 0.1) is 0 Å². The van der Waals surface area contributed by atoms with Crippen LogP contribution in [0.3, 0.4) is 0 Å². The number of pyridine rings is 1. The number of rotatable bonds is 5. The molecule has 0 aliphatic heterocycles. The smallest absolute Gasteiger partial charge is 0.372 e. The summed E-state index contributed by atoms with van der Waals surface area (Å²) in [6, 6.07) is 8.72. The zero-order valence-corrected chi connectivity index (χ0v) is 10.5. The summed E-state index contributed by atoms with van der Waals surface area (Å²) in [6.45, 7) is -1.60. The van der Waals surface area contributed by atoms with Crippen molar-refractivity contribution < 1.29 is 22.7 Å². The van der Waals surface area contributed by atoms with Crippen LogP contribution in [-0.2, 0) is 4.74 Å². The van der Waals surface area contributed by atoms with E-state index in [9.17, 15) is 18.0 Å². The number of para-hydroxylation sites is 1. The number of fused-ring (bicyclic) bond motifs is 1. The number of hydrogen-bond donors (Lipinski definition) is 0. The minimum absolute atomic E-state index is 0.105. The lowest BCUT2D eigenvalue weighted by atomic mass is 10.0. The summed E-state index contributed by atoms with van der Waals surface area (Å²) in [5, 5.41) is 0.814. The van der Waals surface area contributed by atoms with Gasteiger partial charge in [-0.3, -0.25) is 9.78 Å². The molecule has 1 aromatic carbocycles. The van der Waals surface area contributed by atoms with Gasteiger partial charge in [0, 0.05) is 23.6 Å². The largest absolute Gasteiger partial charge is 0.411 e. The highest BCUT2D eigenvalue weighted by molar-refractivity contribution is 6.06. The maximum Gasteiger partial charge on any atom is 0.411 e. The summed E-state index contributed by atoms with van der Waals surface area (Å²) in [5.74, 6) is -0.281. The molecule has 0 saturated heterocycles. The Labute approximate surface area is 113 Å². The first kappa shape index (κ1) is 14.5. The first-order valence-corrected chi connectivity index (χ1v) is 5.99. The molecule has 0 atom stereocenters. The molecule has 0 radical (unpaired) electrons. The Kier molecular flexibility index (Phi) is 4.34. The first-order chi connectivity index (χ1) is 9.47. The van der Waals surface area contributed by atoms with E-state index >= 15 is 0 Å². The van der Waals surface area contributed by atoms with E-state index in [-0.39, 0.29) is 18.8 Å². The van der Waals surface area contributed by atoms with E-state index < -0.39 is 12.8 Å². The molecule has 2 rings (SSSR count). The lowest BCUT2D eigenvalue weighted by Crippen LogP contribution is -2.18. The average molecular weight is 283 g/mol. The van der Waals surface area contributed by atoms with Gasteiger partial charge in [0.15, 0.2) is 5.78 Å². The molecule has 0 spiro atoms. The van der Waals surface area contributed by atoms with Crippen molar-refractivity contribution in [2.24, 2.45) is 0 Å². The number of halogens is 3. The summed E-state index contributed by atoms with van der Waals surface area (Å²) in [5.41, 5.74) is 0.953. The molecule has 0 fully saturated rings. The minimum Gasteiger partial charge on any atom is -0.372 e. The van der Waals surface area contributed by atoms with Gasteiger partial charge in [0.25, 0.3) is 0 Å². The molecule has 6 heteroatoms. The summed E-state index contributed by atoms with van der Waals surface area (Å²) >= 11 is 0. The minimum atomic E-state index is -4.37. The Hall–Kier alpha value is -1.95. The molecule has 0 unspecified atom stereocenters. The van der Waals surface area contributed by atoms with Crippen LogP contribution in [0.25, 0.3) is 10.9 Å². The summed E-state index contributed by atoms with van der Waals surface area (Å²) in [4.78, 5) is 16.1. The highest BCUT2D eigenvalue weighted by Crippen LogP contribution is 2.18. The molecule has 1 aromatic heterocycles. The molecule has 0 aliphatic rings. The van der Waals surface area contributed by atoms with Gasteiger partial charge in [-0.2, -0.15) is 13.2 Å². The molecule has 0 bridgehead atoms. The van der Waals surface area contributed by atoms with E-state index in [1.165, 1.54) is 0 Å². The van der Waals surface area contributed by atoms with Crippen molar-refractivity contribution in [1.29, 1.82) is 0 Å². The summed E-state index contributed by atoms with van der Waals surface area (Å²) in [6.07, 6.45) is -2.91. The van der Waals surface area contributed by atoms with Crippen molar-refractivity contribution >= 4 is 16.7 Å². The van der Waals surface area contributed by atoms with Crippen LogP contribution in [0.4, 0.5) is 13.2 Å². The quantitative estimate of drug-likeness (QED) is 0.623. The molecular formula is C14H12F3NO2. The van der Waals surface area contributed by atoms with E-state index in [0.717, 1.165) is 5.39 Å². The van der Waals surface area contributed by atoms with Crippen LogP contribution in [0.1, 0.15) is 16.8 Å². The Morgan fingerprint density at radius 2 is 1.95 bits per heavy atom. The van der Waals surface area contributed by atoms with Crippen molar-refractivity contribution in [3.63, 3.8) is 0 Å². The first-order valence-electron chi connectivity index (χ1n) is 5.99. The van der Waals surface area contributed by atoms with Crippen molar-refractivity contribution in [2.45, 2.75) is 12.6 Å². The zero-order valence-electron chi connectivity index (χ0n) is 10.5. The predicted molar refractivity (Wildman–Crippen MR) is 67.6 cm³/mol. The molecule has 3 nitrogen and oxygen atoms in total. The number of nitrogens with zero attached hydrogens (tertiary/aromatic N) is 1. The third-order valence-electron chi connectivity index (χ3n) is 2.67. The number of ketones is 1. The SMILES string of the molecule is O=C(CCOCC(F)(F)F)c1cccc2cccnc12. The van der Waals surface area contributed by atoms with Crippen molar-refractivity contribution in [3.05, 3.63) is 42.1 Å². The molecule has 0 N–H and O–H groups in total. The fraction of sp³-hybridized carbons (Fsp3) is 0.286. The second-order valence-electron chi connectivity index (χ2n) is 4.22. The molecule has 106 valence electrons. The summed E-state index contributed by atoms with van der Waals surface area (Å²) < 4.78 is 40.1. The average Bonchev–Trinajstić information content (AvgIpc) is 2.41. The van der Waals surface area contributed by atoms with E-state index in [1.54, 1.807) is 24.4 Å². The van der Waals surface area contributed by atoms with Crippen LogP contribution in [0.5, 0.6) is 0 Å². The standard InChI is InChI=1S/C14H12F3NO2/c15-14(16,17)9-20-8-6-12(19)11-5-1-3-10-4-2-7-18-13(10)11/h1-5,7H,6,8-9H2. The third kappa shape index (κ3) is 3.77. The van der Waals surface area contributed by atoms with Crippen molar-refractivity contribution in [3.8, 4) is 0 Å². The number of aromatic nitrogens is 1. The summed E-state index contributed by atoms with van der Waals surface area (Å²) in [7, 11) is 0. The highest BCUT2D eigenvalue weighted by Gasteiger charge is 2.27. The molecule has 0 aliphatic carbocycles. The van der Waals surface area contributed by atoms with Gasteiger partial charge in [-0.05, 0) is 12.1 Å². The van der Waals surface area contributed by atoms with Crippen LogP contribution in [-0.4, -0.2) is 30.2 Å². The van der Waals surface area contributed by atoms with Gasteiger partial charge in [-0.1, -0.05) is 18.2 Å². The van der Waals surface area contributed by atoms with E-state index in [0.29, 0.717) is 11.1 Å². The fourth-order valence-corrected chi connectivity index (χ4v) is 1.82. The van der Waals surface area contributed by atoms with Crippen molar-refractivity contribution in [1.82, 2.24) is 4.98 Å². The zero-order chi connectivity index (χ0) is 14.6. The topological polar surface area (TPSA) is 39.2 Å². The third-order valence-corrected chi connectivity index (χ3v) is 2.67. The number of carbonyl (C=O) groups excluding carboxylic acids is 1. The predicted octanol–water partition coefficient (Wildman–Crippen LogP) is 3.39. The Morgan fingerprint density at radius 1 is 1.20 bits per heavy atom. The van der Waals surface area contributed by atoms with E-state index in [2.05, 4.69) is 9.72 Å². The van der Waals surface area contributed by atoms with Gasteiger partial charge < -0.3 is 4.74 Å². The number of ether oxygens (including phenoxy) is 1. The Bertz CT molecular complexity index is 605. The van der Waals surface area contributed by atoms with Gasteiger partial charge in [-0.25, -0.2) is 0 Å². The monoisotopic (exact) mass is 283 g/mol. The van der Waals surface area contributed by atoms with E-state index in [1.807, 2.05) is 12.1 Å². The molecule has 2 aromatic rings. The van der Waals surface area contributed by atoms with E-state index in [4.69, 9.17) is 0 Å². The van der Waals surface area contributed by atoms with Gasteiger partial charge in [0.05, 0.1) is 12.1 Å². The van der Waals surface area contributed by atoms with Gasteiger partial charge in [-0.15, -0.1) is 0 Å². The second-order valence-corrected chi connectivity index (χ2v) is 4.22. The number of hydrogen-bond acceptors (Lipinski definition) is 3. The van der Waals surface area contributed by atoms with Gasteiger partial charge >= 0.3 is 6.18 Å². The van der Waals surface area contributed by atoms with Crippen LogP contribution in [0.2, 0.25) is 0 Å². The lowest BCUT2D eigenvalue weighted by Gasteiger charge is -2.08. The maximum atomic E-state index is 12.0. The van der Waals surface area contributed by atoms with Gasteiger partial charge in [0.2, 0.25) is 0 Å². The molecule has 20 heavy (non-hydrogen) atoms. The maximum absolute atomic E-state index is 12.0. The number of Topliss-reactive ketones (excluding diaryl/α,β-unsaturated/α-hetero) is 1. The fourth-order valence-electron chi connectivity index (χ4n) is 1.82. The lowest BCUT2D eigenvalue weighted by molar-refractivity contribution is -0.173. The van der Waals surface area contributed by atoms with Crippen LogP contribution >= 0.6 is 0 Å². The normalized spacial score (nSPS) is 11.8. The van der Waals surface area contributed by atoms with Crippen LogP contribution < -0.4 is 0 Å². The highest BCUT2D eigenvalue weighted by atomic mass is 19.4. The Morgan fingerprint density at radius 3 is 2.70 bits per heavy atom. The second kappa shape index (κ2) is 6.00. The molecule has 1 heterocycles. The molecule has 0 amide bonds. The number of alkyl halides is 3. The molecule has 0 saturated carbocycles. The van der Waals surface area contributed by atoms with Gasteiger partial charge in [0.1, 0.15) is 6.61 Å². The van der Waals surface area contributed by atoms with Crippen LogP contribution in [0.15, 0.2) is 36.5 Å². The number of benzene rings is 1. The van der Waals surface area contributed by atoms with Crippen molar-refractivity contribution in [2.75, 3.05) is 13.2 Å². The Balaban J connectivity index is 2.01. The molecular weight excluding hydrogens is 271 g/mol. The number of carbonyl (C=O) groups is 1.